The Morgan fingerprint density at radius 3 is 1.46 bits per heavy atom. The zero-order valence-electron chi connectivity index (χ0n) is 27.8. The predicted octanol–water partition coefficient (Wildman–Crippen LogP) is 13.9. The molecular weight excluding hydrogens is 798 g/mol. The number of hydrogen-bond donors (Lipinski definition) is 2. The van der Waals surface area contributed by atoms with Crippen molar-refractivity contribution in [2.24, 2.45) is 0 Å². The van der Waals surface area contributed by atoms with Gasteiger partial charge in [-0.2, -0.15) is 0 Å². The maximum absolute atomic E-state index is 6.28. The number of halogens is 5. The highest BCUT2D eigenvalue weighted by Crippen LogP contribution is 2.31. The van der Waals surface area contributed by atoms with Gasteiger partial charge in [0.25, 0.3) is 0 Å². The summed E-state index contributed by atoms with van der Waals surface area (Å²) in [6, 6.07) is 35.4. The van der Waals surface area contributed by atoms with Gasteiger partial charge in [-0.15, -0.1) is 0 Å². The fourth-order valence-corrected chi connectivity index (χ4v) is 6.44. The molecule has 5 aromatic carbocycles. The number of hydrogen-bond acceptors (Lipinski definition) is 3. The van der Waals surface area contributed by atoms with E-state index in [1.54, 1.807) is 30.6 Å². The number of H-pyrrole nitrogens is 2. The van der Waals surface area contributed by atoms with E-state index in [-0.39, 0.29) is 0 Å². The topological polar surface area (TPSA) is 66.6 Å². The molecule has 5 nitrogen and oxygen atoms in total. The van der Waals surface area contributed by atoms with Gasteiger partial charge >= 0.3 is 0 Å². The van der Waals surface area contributed by atoms with Crippen LogP contribution in [0.3, 0.4) is 0 Å². The molecule has 0 aliphatic heterocycles. The summed E-state index contributed by atoms with van der Waals surface area (Å²) in [6.45, 7) is 2.65. The molecule has 52 heavy (non-hydrogen) atoms. The minimum absolute atomic E-state index is 0.589. The standard InChI is InChI=1S/C25H20Cl2N2O.C17H11BrCl2N2/c1-2-30-21-11-8-19(9-12-21)18-6-3-17(4-7-18)5-14-25-28-16-24(29-25)22-13-10-20(26)15-23(22)27;18-12-4-1-11(2-5-12)3-8-17-21-10-16(22-17)14-7-6-13(19)9-15(14)20/h3-16H,2H2,1H3,(H,28,29);1-10H,(H,21,22)/b14-5+;8-3+. The van der Waals surface area contributed by atoms with E-state index in [9.17, 15) is 0 Å². The third kappa shape index (κ3) is 10.1. The zero-order valence-corrected chi connectivity index (χ0v) is 32.4. The second-order valence-corrected chi connectivity index (χ2v) is 14.0. The van der Waals surface area contributed by atoms with E-state index < -0.39 is 0 Å². The second kappa shape index (κ2) is 17.8. The maximum atomic E-state index is 6.28. The van der Waals surface area contributed by atoms with Crippen molar-refractivity contribution in [3.63, 3.8) is 0 Å². The van der Waals surface area contributed by atoms with Crippen LogP contribution in [0, 0.1) is 0 Å². The van der Waals surface area contributed by atoms with Crippen LogP contribution in [0.1, 0.15) is 29.7 Å². The number of ether oxygens (including phenoxy) is 1. The molecule has 0 radical (unpaired) electrons. The largest absolute Gasteiger partial charge is 0.494 e. The average molecular weight is 829 g/mol. The fourth-order valence-electron chi connectivity index (χ4n) is 5.15. The van der Waals surface area contributed by atoms with Crippen LogP contribution in [-0.4, -0.2) is 26.5 Å². The molecule has 0 aliphatic rings. The Kier molecular flexibility index (Phi) is 12.7. The molecule has 0 atom stereocenters. The van der Waals surface area contributed by atoms with Crippen molar-refractivity contribution < 1.29 is 4.74 Å². The maximum Gasteiger partial charge on any atom is 0.130 e. The van der Waals surface area contributed by atoms with Crippen molar-refractivity contribution in [2.75, 3.05) is 6.61 Å². The van der Waals surface area contributed by atoms with Crippen LogP contribution < -0.4 is 4.74 Å². The average Bonchev–Trinajstić information content (AvgIpc) is 3.82. The van der Waals surface area contributed by atoms with Gasteiger partial charge < -0.3 is 14.7 Å². The summed E-state index contributed by atoms with van der Waals surface area (Å²) in [5.41, 5.74) is 7.96. The van der Waals surface area contributed by atoms with Gasteiger partial charge in [-0.1, -0.05) is 123 Å². The van der Waals surface area contributed by atoms with Crippen LogP contribution in [0.15, 0.2) is 126 Å². The Morgan fingerprint density at radius 2 is 1.02 bits per heavy atom. The number of aromatic amines is 2. The van der Waals surface area contributed by atoms with Crippen molar-refractivity contribution in [1.29, 1.82) is 0 Å². The monoisotopic (exact) mass is 826 g/mol. The summed E-state index contributed by atoms with van der Waals surface area (Å²) < 4.78 is 6.56. The Balaban J connectivity index is 0.000000187. The minimum atomic E-state index is 0.589. The molecule has 0 spiro atoms. The smallest absolute Gasteiger partial charge is 0.130 e. The van der Waals surface area contributed by atoms with Crippen LogP contribution in [0.25, 0.3) is 57.9 Å². The summed E-state index contributed by atoms with van der Waals surface area (Å²) in [7, 11) is 0. The van der Waals surface area contributed by atoms with Gasteiger partial charge in [0.15, 0.2) is 0 Å². The van der Waals surface area contributed by atoms with Crippen LogP contribution in [0.2, 0.25) is 20.1 Å². The van der Waals surface area contributed by atoms with Gasteiger partial charge in [-0.05, 0) is 102 Å². The summed E-state index contributed by atoms with van der Waals surface area (Å²) in [5.74, 6) is 2.41. The van der Waals surface area contributed by atoms with E-state index in [0.717, 1.165) is 66.6 Å². The summed E-state index contributed by atoms with van der Waals surface area (Å²) >= 11 is 27.8. The number of imidazole rings is 2. The first-order valence-electron chi connectivity index (χ1n) is 16.2. The van der Waals surface area contributed by atoms with Gasteiger partial charge in [0.2, 0.25) is 0 Å². The molecule has 2 heterocycles. The molecule has 7 rings (SSSR count). The molecule has 0 aliphatic carbocycles. The molecule has 0 bridgehead atoms. The number of benzene rings is 5. The Bertz CT molecular complexity index is 2310. The van der Waals surface area contributed by atoms with Crippen LogP contribution in [-0.2, 0) is 0 Å². The molecule has 0 saturated carbocycles. The molecule has 0 amide bonds. The van der Waals surface area contributed by atoms with E-state index in [1.807, 2.05) is 85.8 Å². The number of aromatic nitrogens is 4. The lowest BCUT2D eigenvalue weighted by atomic mass is 10.0. The first-order chi connectivity index (χ1) is 25.2. The lowest BCUT2D eigenvalue weighted by Gasteiger charge is -2.05. The molecule has 2 N–H and O–H groups in total. The van der Waals surface area contributed by atoms with Crippen molar-refractivity contribution in [2.45, 2.75) is 6.92 Å². The van der Waals surface area contributed by atoms with Crippen LogP contribution in [0.5, 0.6) is 5.75 Å². The number of nitrogens with one attached hydrogen (secondary N) is 2. The van der Waals surface area contributed by atoms with E-state index in [0.29, 0.717) is 26.7 Å². The first-order valence-corrected chi connectivity index (χ1v) is 18.5. The molecule has 7 aromatic rings. The Hall–Kier alpha value is -4.56. The summed E-state index contributed by atoms with van der Waals surface area (Å²) in [4.78, 5) is 15.3. The van der Waals surface area contributed by atoms with Gasteiger partial charge in [-0.25, -0.2) is 9.97 Å². The third-order valence-corrected chi connectivity index (χ3v) is 9.40. The lowest BCUT2D eigenvalue weighted by molar-refractivity contribution is 0.340. The first kappa shape index (κ1) is 37.2. The van der Waals surface area contributed by atoms with E-state index in [1.165, 1.54) is 0 Å². The van der Waals surface area contributed by atoms with Gasteiger partial charge in [0.1, 0.15) is 17.4 Å². The molecule has 0 fully saturated rings. The van der Waals surface area contributed by atoms with Crippen molar-refractivity contribution in [3.8, 4) is 39.4 Å². The highest BCUT2D eigenvalue weighted by Gasteiger charge is 2.08. The van der Waals surface area contributed by atoms with E-state index in [4.69, 9.17) is 51.1 Å². The van der Waals surface area contributed by atoms with Gasteiger partial charge in [0.05, 0.1) is 40.4 Å². The Labute approximate surface area is 331 Å². The summed E-state index contributed by atoms with van der Waals surface area (Å²) in [6.07, 6.45) is 11.4. The highest BCUT2D eigenvalue weighted by molar-refractivity contribution is 9.10. The molecule has 0 saturated heterocycles. The molecular formula is C42H31BrCl4N4O. The molecule has 10 heteroatoms. The van der Waals surface area contributed by atoms with Crippen molar-refractivity contribution in [3.05, 3.63) is 169 Å². The predicted molar refractivity (Wildman–Crippen MR) is 223 cm³/mol. The fraction of sp³-hybridized carbons (Fsp3) is 0.0476. The number of nitrogens with zero attached hydrogens (tertiary/aromatic N) is 2. The van der Waals surface area contributed by atoms with Crippen molar-refractivity contribution in [1.82, 2.24) is 19.9 Å². The van der Waals surface area contributed by atoms with Crippen LogP contribution >= 0.6 is 62.3 Å². The second-order valence-electron chi connectivity index (χ2n) is 11.4. The van der Waals surface area contributed by atoms with Crippen molar-refractivity contribution >= 4 is 86.6 Å². The lowest BCUT2D eigenvalue weighted by Crippen LogP contribution is -1.90. The number of rotatable bonds is 9. The van der Waals surface area contributed by atoms with E-state index >= 15 is 0 Å². The van der Waals surface area contributed by atoms with Crippen LogP contribution in [0.4, 0.5) is 0 Å². The third-order valence-electron chi connectivity index (χ3n) is 7.78. The van der Waals surface area contributed by atoms with Gasteiger partial charge in [0, 0.05) is 25.6 Å². The Morgan fingerprint density at radius 1 is 0.577 bits per heavy atom. The van der Waals surface area contributed by atoms with Gasteiger partial charge in [-0.3, -0.25) is 0 Å². The highest BCUT2D eigenvalue weighted by atomic mass is 79.9. The molecule has 0 unspecified atom stereocenters. The SMILES string of the molecule is CCOc1ccc(-c2ccc(/C=C/c3ncc(-c4ccc(Cl)cc4Cl)[nH]3)cc2)cc1.Clc1ccc(-c2cnc(/C=C/c3ccc(Br)cc3)[nH]2)c(Cl)c1. The quantitative estimate of drug-likeness (QED) is 0.152. The minimum Gasteiger partial charge on any atom is -0.494 e. The summed E-state index contributed by atoms with van der Waals surface area (Å²) in [5, 5.41) is 2.41. The normalized spacial score (nSPS) is 11.2. The zero-order chi connectivity index (χ0) is 36.5. The van der Waals surface area contributed by atoms with E-state index in [2.05, 4.69) is 72.3 Å². The molecule has 260 valence electrons. The molecule has 2 aromatic heterocycles.